The molecule has 0 unspecified atom stereocenters. The standard InChI is InChI=1S/C48H40Cl2/c1-47(2,3)33-15-7-29(8-16-33)41-27-43(31-11-19-35(49)20-12-31)39-26-24-38-42(30-9-17-34(18-10-30)48(4,5)6)28-44(32-13-21-36(50)22-14-32)40-25-23-37(41)45(39)46(38)40/h7-28H,1-6H3. The molecule has 246 valence electrons. The quantitative estimate of drug-likeness (QED) is 0.162. The SMILES string of the molecule is CC(C)(C)c1ccc(-c2cc(-c3ccc(Cl)cc3)c3ccc4c(-c5ccc(C(C)(C)C)cc5)cc(-c5ccc(Cl)cc5)c5ccc2c3c54)cc1. The van der Waals surface area contributed by atoms with Gasteiger partial charge in [0.05, 0.1) is 0 Å². The van der Waals surface area contributed by atoms with E-state index in [2.05, 4.69) is 151 Å². The average Bonchev–Trinajstić information content (AvgIpc) is 3.10. The van der Waals surface area contributed by atoms with Crippen molar-refractivity contribution in [3.05, 3.63) is 155 Å². The maximum absolute atomic E-state index is 6.41. The normalized spacial score (nSPS) is 12.4. The minimum Gasteiger partial charge on any atom is -0.0843 e. The lowest BCUT2D eigenvalue weighted by atomic mass is 9.81. The van der Waals surface area contributed by atoms with Gasteiger partial charge in [0.15, 0.2) is 0 Å². The van der Waals surface area contributed by atoms with Crippen LogP contribution in [-0.4, -0.2) is 0 Å². The van der Waals surface area contributed by atoms with Crippen LogP contribution in [0.15, 0.2) is 133 Å². The van der Waals surface area contributed by atoms with E-state index in [4.69, 9.17) is 23.2 Å². The summed E-state index contributed by atoms with van der Waals surface area (Å²) in [6.07, 6.45) is 0. The molecule has 0 aliphatic heterocycles. The summed E-state index contributed by atoms with van der Waals surface area (Å²) in [7, 11) is 0. The predicted molar refractivity (Wildman–Crippen MR) is 219 cm³/mol. The van der Waals surface area contributed by atoms with Crippen molar-refractivity contribution in [2.75, 3.05) is 0 Å². The molecule has 0 aromatic heterocycles. The van der Waals surface area contributed by atoms with Gasteiger partial charge < -0.3 is 0 Å². The molecular weight excluding hydrogens is 647 g/mol. The van der Waals surface area contributed by atoms with Crippen LogP contribution >= 0.6 is 23.2 Å². The summed E-state index contributed by atoms with van der Waals surface area (Å²) in [6, 6.07) is 48.9. The van der Waals surface area contributed by atoms with Crippen molar-refractivity contribution in [3.63, 3.8) is 0 Å². The molecule has 0 heterocycles. The van der Waals surface area contributed by atoms with Gasteiger partial charge in [0, 0.05) is 10.0 Å². The van der Waals surface area contributed by atoms with Crippen molar-refractivity contribution >= 4 is 55.5 Å². The molecule has 0 aliphatic rings. The second-order valence-electron chi connectivity index (χ2n) is 15.7. The predicted octanol–water partition coefficient (Wildman–Crippen LogP) is 15.2. The first-order chi connectivity index (χ1) is 23.9. The Kier molecular flexibility index (Phi) is 7.83. The van der Waals surface area contributed by atoms with E-state index in [1.54, 1.807) is 0 Å². The molecule has 0 aliphatic carbocycles. The molecule has 0 bridgehead atoms. The Bertz CT molecular complexity index is 2330. The van der Waals surface area contributed by atoms with Gasteiger partial charge in [-0.1, -0.05) is 162 Å². The fraction of sp³-hybridized carbons (Fsp3) is 0.167. The molecule has 8 aromatic carbocycles. The fourth-order valence-electron chi connectivity index (χ4n) is 7.51. The van der Waals surface area contributed by atoms with Gasteiger partial charge in [-0.15, -0.1) is 0 Å². The lowest BCUT2D eigenvalue weighted by Crippen LogP contribution is -2.10. The zero-order valence-electron chi connectivity index (χ0n) is 29.5. The summed E-state index contributed by atoms with van der Waals surface area (Å²) >= 11 is 12.8. The lowest BCUT2D eigenvalue weighted by molar-refractivity contribution is 0.590. The van der Waals surface area contributed by atoms with Crippen LogP contribution in [0, 0.1) is 0 Å². The summed E-state index contributed by atoms with van der Waals surface area (Å²) in [6.45, 7) is 13.6. The van der Waals surface area contributed by atoms with Crippen LogP contribution in [0.5, 0.6) is 0 Å². The smallest absolute Gasteiger partial charge is 0.0406 e. The molecule has 2 heteroatoms. The third-order valence-electron chi connectivity index (χ3n) is 10.3. The molecule has 8 rings (SSSR count). The number of benzene rings is 8. The number of hydrogen-bond donors (Lipinski definition) is 0. The van der Waals surface area contributed by atoms with Crippen molar-refractivity contribution in [1.29, 1.82) is 0 Å². The average molecular weight is 688 g/mol. The highest BCUT2D eigenvalue weighted by Crippen LogP contribution is 2.49. The van der Waals surface area contributed by atoms with Crippen molar-refractivity contribution in [1.82, 2.24) is 0 Å². The highest BCUT2D eigenvalue weighted by molar-refractivity contribution is 6.33. The molecule has 0 spiro atoms. The van der Waals surface area contributed by atoms with Gasteiger partial charge in [-0.05, 0) is 135 Å². The van der Waals surface area contributed by atoms with Crippen LogP contribution in [0.1, 0.15) is 52.7 Å². The Morgan fingerprint density at radius 3 is 0.800 bits per heavy atom. The van der Waals surface area contributed by atoms with E-state index in [-0.39, 0.29) is 10.8 Å². The zero-order chi connectivity index (χ0) is 34.9. The summed E-state index contributed by atoms with van der Waals surface area (Å²) in [5.74, 6) is 0. The highest BCUT2D eigenvalue weighted by atomic mass is 35.5. The molecule has 0 N–H and O–H groups in total. The zero-order valence-corrected chi connectivity index (χ0v) is 31.0. The second kappa shape index (κ2) is 12.0. The van der Waals surface area contributed by atoms with Gasteiger partial charge in [0.1, 0.15) is 0 Å². The second-order valence-corrected chi connectivity index (χ2v) is 16.6. The summed E-state index contributed by atoms with van der Waals surface area (Å²) in [5, 5.41) is 9.01. The van der Waals surface area contributed by atoms with Gasteiger partial charge in [0.2, 0.25) is 0 Å². The van der Waals surface area contributed by atoms with Gasteiger partial charge in [-0.25, -0.2) is 0 Å². The maximum Gasteiger partial charge on any atom is 0.0406 e. The van der Waals surface area contributed by atoms with Crippen LogP contribution in [0.25, 0.3) is 76.8 Å². The van der Waals surface area contributed by atoms with E-state index >= 15 is 0 Å². The van der Waals surface area contributed by atoms with Gasteiger partial charge in [-0.2, -0.15) is 0 Å². The van der Waals surface area contributed by atoms with Crippen LogP contribution in [0.3, 0.4) is 0 Å². The third kappa shape index (κ3) is 5.65. The van der Waals surface area contributed by atoms with Crippen molar-refractivity contribution in [2.45, 2.75) is 52.4 Å². The summed E-state index contributed by atoms with van der Waals surface area (Å²) in [4.78, 5) is 0. The first-order valence-corrected chi connectivity index (χ1v) is 18.1. The van der Waals surface area contributed by atoms with Crippen molar-refractivity contribution in [2.24, 2.45) is 0 Å². The van der Waals surface area contributed by atoms with Gasteiger partial charge >= 0.3 is 0 Å². The first kappa shape index (κ1) is 32.6. The minimum atomic E-state index is 0.0786. The fourth-order valence-corrected chi connectivity index (χ4v) is 7.76. The third-order valence-corrected chi connectivity index (χ3v) is 10.8. The topological polar surface area (TPSA) is 0 Å². The van der Waals surface area contributed by atoms with Crippen LogP contribution < -0.4 is 0 Å². The lowest BCUT2D eigenvalue weighted by Gasteiger charge is -2.23. The summed E-state index contributed by atoms with van der Waals surface area (Å²) < 4.78 is 0. The Balaban J connectivity index is 1.50. The van der Waals surface area contributed by atoms with Crippen LogP contribution in [0.4, 0.5) is 0 Å². The molecule has 0 fully saturated rings. The number of rotatable bonds is 4. The van der Waals surface area contributed by atoms with E-state index in [1.807, 2.05) is 24.3 Å². The van der Waals surface area contributed by atoms with E-state index in [1.165, 1.54) is 76.8 Å². The monoisotopic (exact) mass is 686 g/mol. The Morgan fingerprint density at radius 1 is 0.320 bits per heavy atom. The highest BCUT2D eigenvalue weighted by Gasteiger charge is 2.22. The molecule has 0 saturated carbocycles. The summed E-state index contributed by atoms with van der Waals surface area (Å²) in [5.41, 5.74) is 12.4. The number of halogens is 2. The molecule has 0 amide bonds. The Hall–Kier alpha value is -4.62. The minimum absolute atomic E-state index is 0.0786. The van der Waals surface area contributed by atoms with Gasteiger partial charge in [0.25, 0.3) is 0 Å². The molecule has 0 saturated heterocycles. The number of hydrogen-bond acceptors (Lipinski definition) is 0. The van der Waals surface area contributed by atoms with Gasteiger partial charge in [-0.3, -0.25) is 0 Å². The Morgan fingerprint density at radius 2 is 0.560 bits per heavy atom. The largest absolute Gasteiger partial charge is 0.0843 e. The van der Waals surface area contributed by atoms with Crippen molar-refractivity contribution < 1.29 is 0 Å². The molecule has 50 heavy (non-hydrogen) atoms. The molecular formula is C48H40Cl2. The maximum atomic E-state index is 6.41. The van der Waals surface area contributed by atoms with Crippen molar-refractivity contribution in [3.8, 4) is 44.5 Å². The Labute approximate surface area is 305 Å². The van der Waals surface area contributed by atoms with Crippen LogP contribution in [-0.2, 0) is 10.8 Å². The molecule has 8 aromatic rings. The van der Waals surface area contributed by atoms with E-state index in [0.717, 1.165) is 21.2 Å². The molecule has 0 atom stereocenters. The molecule has 0 nitrogen and oxygen atoms in total. The van der Waals surface area contributed by atoms with E-state index < -0.39 is 0 Å². The first-order valence-electron chi connectivity index (χ1n) is 17.4. The molecule has 0 radical (unpaired) electrons. The van der Waals surface area contributed by atoms with E-state index in [9.17, 15) is 0 Å². The van der Waals surface area contributed by atoms with Crippen LogP contribution in [0.2, 0.25) is 10.0 Å². The van der Waals surface area contributed by atoms with E-state index in [0.29, 0.717) is 0 Å².